The molecule has 1 fully saturated rings. The van der Waals surface area contributed by atoms with Crippen molar-refractivity contribution >= 4 is 18.3 Å². The number of amides is 1. The molecule has 0 radical (unpaired) electrons. The summed E-state index contributed by atoms with van der Waals surface area (Å²) in [6, 6.07) is 9.59. The molecule has 3 rings (SSSR count). The van der Waals surface area contributed by atoms with Crippen molar-refractivity contribution in [1.29, 1.82) is 0 Å². The van der Waals surface area contributed by atoms with Crippen LogP contribution in [0.15, 0.2) is 30.3 Å². The fourth-order valence-electron chi connectivity index (χ4n) is 2.74. The number of carbonyl (C=O) groups is 1. The Balaban J connectivity index is 0.00000192. The lowest BCUT2D eigenvalue weighted by Crippen LogP contribution is -2.49. The molecule has 0 saturated carbocycles. The van der Waals surface area contributed by atoms with Gasteiger partial charge in [0.2, 0.25) is 5.91 Å². The Morgan fingerprint density at radius 2 is 1.96 bits per heavy atom. The molecule has 1 saturated heterocycles. The minimum Gasteiger partial charge on any atom is -0.338 e. The minimum absolute atomic E-state index is 0. The molecular formula is C15H21ClN6O. The van der Waals surface area contributed by atoms with Gasteiger partial charge < -0.3 is 10.2 Å². The number of hydrogen-bond acceptors (Lipinski definition) is 5. The van der Waals surface area contributed by atoms with E-state index in [0.717, 1.165) is 31.7 Å². The Labute approximate surface area is 141 Å². The van der Waals surface area contributed by atoms with Crippen LogP contribution in [0.2, 0.25) is 0 Å². The molecule has 1 atom stereocenters. The zero-order valence-corrected chi connectivity index (χ0v) is 13.9. The second-order valence-corrected chi connectivity index (χ2v) is 5.45. The van der Waals surface area contributed by atoms with Gasteiger partial charge in [-0.2, -0.15) is 0 Å². The standard InChI is InChI=1S/C15H20N6O.ClH/c1-12-17-18-19-21(12)14(11-13-5-3-2-4-6-13)15(22)20-9-7-16-8-10-20;/h2-6,14,16H,7-11H2,1H3;1H. The summed E-state index contributed by atoms with van der Waals surface area (Å²) in [6.07, 6.45) is 0.593. The molecule has 0 spiro atoms. The lowest BCUT2D eigenvalue weighted by atomic mass is 10.0. The van der Waals surface area contributed by atoms with Gasteiger partial charge >= 0.3 is 0 Å². The Bertz CT molecular complexity index is 626. The molecule has 1 aliphatic heterocycles. The molecule has 7 nitrogen and oxygen atoms in total. The van der Waals surface area contributed by atoms with Crippen LogP contribution in [-0.4, -0.2) is 57.2 Å². The number of piperazine rings is 1. The fraction of sp³-hybridized carbons (Fsp3) is 0.467. The van der Waals surface area contributed by atoms with Crippen LogP contribution < -0.4 is 5.32 Å². The maximum atomic E-state index is 12.9. The third-order valence-electron chi connectivity index (χ3n) is 3.94. The Morgan fingerprint density at radius 1 is 1.26 bits per heavy atom. The number of carbonyl (C=O) groups excluding carboxylic acids is 1. The first-order valence-corrected chi connectivity index (χ1v) is 7.53. The van der Waals surface area contributed by atoms with Crippen LogP contribution in [0, 0.1) is 6.92 Å². The molecule has 2 aromatic rings. The lowest BCUT2D eigenvalue weighted by molar-refractivity contribution is -0.135. The highest BCUT2D eigenvalue weighted by Gasteiger charge is 2.29. The van der Waals surface area contributed by atoms with E-state index >= 15 is 0 Å². The topological polar surface area (TPSA) is 75.9 Å². The van der Waals surface area contributed by atoms with Crippen LogP contribution in [0.5, 0.6) is 0 Å². The van der Waals surface area contributed by atoms with Crippen LogP contribution in [0.1, 0.15) is 17.4 Å². The first kappa shape index (κ1) is 17.4. The number of tetrazole rings is 1. The van der Waals surface area contributed by atoms with Gasteiger partial charge in [0.1, 0.15) is 11.9 Å². The number of halogens is 1. The Hall–Kier alpha value is -1.99. The normalized spacial score (nSPS) is 15.8. The molecule has 0 bridgehead atoms. The van der Waals surface area contributed by atoms with Crippen molar-refractivity contribution in [2.24, 2.45) is 0 Å². The molecule has 1 N–H and O–H groups in total. The average Bonchev–Trinajstić information content (AvgIpc) is 3.00. The highest BCUT2D eigenvalue weighted by molar-refractivity contribution is 5.85. The third-order valence-corrected chi connectivity index (χ3v) is 3.94. The summed E-state index contributed by atoms with van der Waals surface area (Å²) in [5, 5.41) is 14.9. The molecular weight excluding hydrogens is 316 g/mol. The van der Waals surface area contributed by atoms with E-state index in [0.29, 0.717) is 12.2 Å². The maximum absolute atomic E-state index is 12.9. The molecule has 0 aliphatic carbocycles. The zero-order chi connectivity index (χ0) is 15.4. The lowest BCUT2D eigenvalue weighted by Gasteiger charge is -2.31. The van der Waals surface area contributed by atoms with Crippen molar-refractivity contribution in [3.05, 3.63) is 41.7 Å². The number of hydrogen-bond donors (Lipinski definition) is 1. The summed E-state index contributed by atoms with van der Waals surface area (Å²) in [4.78, 5) is 14.8. The monoisotopic (exact) mass is 336 g/mol. The number of nitrogens with one attached hydrogen (secondary N) is 1. The van der Waals surface area contributed by atoms with Crippen molar-refractivity contribution in [3.8, 4) is 0 Å². The molecule has 2 heterocycles. The van der Waals surface area contributed by atoms with Crippen molar-refractivity contribution in [3.63, 3.8) is 0 Å². The van der Waals surface area contributed by atoms with Gasteiger partial charge in [0.15, 0.2) is 0 Å². The van der Waals surface area contributed by atoms with Crippen molar-refractivity contribution in [2.75, 3.05) is 26.2 Å². The molecule has 8 heteroatoms. The van der Waals surface area contributed by atoms with Crippen LogP contribution in [0.4, 0.5) is 0 Å². The van der Waals surface area contributed by atoms with E-state index in [2.05, 4.69) is 20.8 Å². The SMILES string of the molecule is Cc1nnnn1C(Cc1ccccc1)C(=O)N1CCNCC1.Cl. The summed E-state index contributed by atoms with van der Waals surface area (Å²) in [7, 11) is 0. The highest BCUT2D eigenvalue weighted by Crippen LogP contribution is 2.18. The zero-order valence-electron chi connectivity index (χ0n) is 13.1. The molecule has 124 valence electrons. The van der Waals surface area contributed by atoms with Gasteiger partial charge in [-0.1, -0.05) is 30.3 Å². The van der Waals surface area contributed by atoms with Crippen molar-refractivity contribution < 1.29 is 4.79 Å². The Kier molecular flexibility index (Phi) is 6.06. The number of benzene rings is 1. The van der Waals surface area contributed by atoms with E-state index in [1.165, 1.54) is 0 Å². The predicted octanol–water partition coefficient (Wildman–Crippen LogP) is 0.619. The van der Waals surface area contributed by atoms with E-state index in [-0.39, 0.29) is 18.3 Å². The minimum atomic E-state index is -0.393. The molecule has 1 aromatic heterocycles. The Morgan fingerprint density at radius 3 is 2.57 bits per heavy atom. The molecule has 1 aliphatic rings. The first-order valence-electron chi connectivity index (χ1n) is 7.53. The van der Waals surface area contributed by atoms with Gasteiger partial charge in [-0.15, -0.1) is 17.5 Å². The van der Waals surface area contributed by atoms with Crippen LogP contribution in [0.25, 0.3) is 0 Å². The molecule has 1 unspecified atom stereocenters. The van der Waals surface area contributed by atoms with Gasteiger partial charge in [-0.25, -0.2) is 4.68 Å². The number of aromatic nitrogens is 4. The molecule has 23 heavy (non-hydrogen) atoms. The largest absolute Gasteiger partial charge is 0.338 e. The second-order valence-electron chi connectivity index (χ2n) is 5.45. The smallest absolute Gasteiger partial charge is 0.248 e. The molecule has 1 amide bonds. The number of rotatable bonds is 4. The summed E-state index contributed by atoms with van der Waals surface area (Å²) >= 11 is 0. The van der Waals surface area contributed by atoms with E-state index in [1.807, 2.05) is 42.2 Å². The van der Waals surface area contributed by atoms with E-state index in [1.54, 1.807) is 4.68 Å². The van der Waals surface area contributed by atoms with Gasteiger partial charge in [0.05, 0.1) is 0 Å². The van der Waals surface area contributed by atoms with E-state index < -0.39 is 6.04 Å². The summed E-state index contributed by atoms with van der Waals surface area (Å²) in [5.74, 6) is 0.741. The maximum Gasteiger partial charge on any atom is 0.248 e. The summed E-state index contributed by atoms with van der Waals surface area (Å²) < 4.78 is 1.64. The van der Waals surface area contributed by atoms with Gasteiger partial charge in [-0.3, -0.25) is 4.79 Å². The van der Waals surface area contributed by atoms with Crippen LogP contribution in [-0.2, 0) is 11.2 Å². The second kappa shape index (κ2) is 8.03. The summed E-state index contributed by atoms with van der Waals surface area (Å²) in [6.45, 7) is 4.94. The van der Waals surface area contributed by atoms with E-state index in [9.17, 15) is 4.79 Å². The quantitative estimate of drug-likeness (QED) is 0.885. The van der Waals surface area contributed by atoms with Crippen LogP contribution >= 0.6 is 12.4 Å². The van der Waals surface area contributed by atoms with Gasteiger partial charge in [0, 0.05) is 32.6 Å². The number of nitrogens with zero attached hydrogens (tertiary/aromatic N) is 5. The summed E-state index contributed by atoms with van der Waals surface area (Å²) in [5.41, 5.74) is 1.10. The first-order chi connectivity index (χ1) is 10.8. The fourth-order valence-corrected chi connectivity index (χ4v) is 2.74. The predicted molar refractivity (Wildman–Crippen MR) is 88.4 cm³/mol. The van der Waals surface area contributed by atoms with Gasteiger partial charge in [-0.05, 0) is 22.9 Å². The molecule has 1 aromatic carbocycles. The van der Waals surface area contributed by atoms with E-state index in [4.69, 9.17) is 0 Å². The van der Waals surface area contributed by atoms with Crippen molar-refractivity contribution in [1.82, 2.24) is 30.4 Å². The highest BCUT2D eigenvalue weighted by atomic mass is 35.5. The van der Waals surface area contributed by atoms with Crippen LogP contribution in [0.3, 0.4) is 0 Å². The third kappa shape index (κ3) is 4.05. The average molecular weight is 337 g/mol. The van der Waals surface area contributed by atoms with Gasteiger partial charge in [0.25, 0.3) is 0 Å². The number of aryl methyl sites for hydroxylation is 1. The van der Waals surface area contributed by atoms with Crippen molar-refractivity contribution in [2.45, 2.75) is 19.4 Å².